The number of hydrogen-bond acceptors (Lipinski definition) is 7. The molecule has 35 heavy (non-hydrogen) atoms. The van der Waals surface area contributed by atoms with E-state index in [0.717, 1.165) is 12.8 Å². The summed E-state index contributed by atoms with van der Waals surface area (Å²) >= 11 is 6.13. The third-order valence-electron chi connectivity index (χ3n) is 5.52. The van der Waals surface area contributed by atoms with Crippen molar-refractivity contribution in [3.05, 3.63) is 93.1 Å². The lowest BCUT2D eigenvalue weighted by Crippen LogP contribution is -2.23. The van der Waals surface area contributed by atoms with Gasteiger partial charge in [0.15, 0.2) is 5.78 Å². The SMILES string of the molecule is Nc1cccc(Oc2ccc(CC(=O)c3cn(C4CC4)nc(-c4ccc(F)cc4)c3=O)nn2)c1Cl. The number of Topliss-reactive ketones (excluding diaryl/α,β-unsaturated/α-hetero) is 1. The minimum Gasteiger partial charge on any atom is -0.436 e. The summed E-state index contributed by atoms with van der Waals surface area (Å²) in [4.78, 5) is 26.2. The number of carbonyl (C=O) groups is 1. The summed E-state index contributed by atoms with van der Waals surface area (Å²) in [6.07, 6.45) is 3.17. The first-order valence-electron chi connectivity index (χ1n) is 10.9. The molecule has 1 fully saturated rings. The number of nitrogen functional groups attached to an aromatic ring is 1. The molecule has 4 aromatic rings. The van der Waals surface area contributed by atoms with Crippen LogP contribution in [0.4, 0.5) is 10.1 Å². The van der Waals surface area contributed by atoms with Crippen molar-refractivity contribution in [3.8, 4) is 22.9 Å². The van der Waals surface area contributed by atoms with E-state index in [1.54, 1.807) is 35.0 Å². The van der Waals surface area contributed by atoms with Gasteiger partial charge in [-0.15, -0.1) is 5.10 Å². The lowest BCUT2D eigenvalue weighted by Gasteiger charge is -2.10. The van der Waals surface area contributed by atoms with Crippen LogP contribution < -0.4 is 15.9 Å². The van der Waals surface area contributed by atoms with E-state index in [-0.39, 0.29) is 34.6 Å². The maximum absolute atomic E-state index is 13.4. The maximum atomic E-state index is 13.4. The van der Waals surface area contributed by atoms with Gasteiger partial charge >= 0.3 is 0 Å². The Kier molecular flexibility index (Phi) is 6.00. The second-order valence-electron chi connectivity index (χ2n) is 8.16. The van der Waals surface area contributed by atoms with Gasteiger partial charge in [-0.05, 0) is 55.3 Å². The zero-order valence-corrected chi connectivity index (χ0v) is 19.1. The molecule has 0 atom stereocenters. The van der Waals surface area contributed by atoms with Crippen LogP contribution in [0.3, 0.4) is 0 Å². The number of nitrogens with two attached hydrogens (primary N) is 1. The van der Waals surface area contributed by atoms with Gasteiger partial charge in [0, 0.05) is 17.8 Å². The van der Waals surface area contributed by atoms with Crippen molar-refractivity contribution in [2.24, 2.45) is 0 Å². The summed E-state index contributed by atoms with van der Waals surface area (Å²) in [5, 5.41) is 12.7. The molecule has 1 aliphatic rings. The number of aromatic nitrogens is 4. The number of halogens is 2. The average molecular weight is 492 g/mol. The lowest BCUT2D eigenvalue weighted by molar-refractivity contribution is 0.0989. The van der Waals surface area contributed by atoms with Crippen molar-refractivity contribution in [2.75, 3.05) is 5.73 Å². The molecular weight excluding hydrogens is 473 g/mol. The summed E-state index contributed by atoms with van der Waals surface area (Å²) in [5.74, 6) is -0.340. The van der Waals surface area contributed by atoms with Crippen LogP contribution in [0.15, 0.2) is 65.6 Å². The third kappa shape index (κ3) is 4.90. The summed E-state index contributed by atoms with van der Waals surface area (Å²) in [6, 6.07) is 13.7. The molecule has 1 saturated carbocycles. The van der Waals surface area contributed by atoms with Crippen molar-refractivity contribution < 1.29 is 13.9 Å². The molecule has 2 aromatic heterocycles. The fraction of sp³-hybridized carbons (Fsp3) is 0.160. The van der Waals surface area contributed by atoms with Gasteiger partial charge in [0.25, 0.3) is 0 Å². The van der Waals surface area contributed by atoms with Gasteiger partial charge in [-0.3, -0.25) is 14.3 Å². The van der Waals surface area contributed by atoms with Gasteiger partial charge in [-0.2, -0.15) is 10.2 Å². The molecule has 0 spiro atoms. The molecular formula is C25H19ClFN5O3. The minimum absolute atomic E-state index is 0.0000980. The molecule has 8 nitrogen and oxygen atoms in total. The summed E-state index contributed by atoms with van der Waals surface area (Å²) in [5.41, 5.74) is 6.55. The van der Waals surface area contributed by atoms with Crippen LogP contribution in [0.2, 0.25) is 5.02 Å². The van der Waals surface area contributed by atoms with E-state index in [2.05, 4.69) is 15.3 Å². The van der Waals surface area contributed by atoms with Gasteiger partial charge in [-0.25, -0.2) is 4.39 Å². The standard InChI is InChI=1S/C25H19ClFN5O3/c26-23-19(28)2-1-3-21(23)35-22-11-8-16(29-30-22)12-20(33)18-13-32(17-9-10-17)31-24(25(18)34)14-4-6-15(27)7-5-14/h1-8,11,13,17H,9-10,12,28H2. The highest BCUT2D eigenvalue weighted by molar-refractivity contribution is 6.34. The summed E-state index contributed by atoms with van der Waals surface area (Å²) < 4.78 is 20.6. The van der Waals surface area contributed by atoms with E-state index in [0.29, 0.717) is 22.7 Å². The molecule has 2 aromatic carbocycles. The molecule has 0 bridgehead atoms. The van der Waals surface area contributed by atoms with E-state index in [4.69, 9.17) is 22.1 Å². The Bertz CT molecular complexity index is 1470. The Morgan fingerprint density at radius 3 is 2.57 bits per heavy atom. The van der Waals surface area contributed by atoms with Crippen LogP contribution in [-0.2, 0) is 6.42 Å². The van der Waals surface area contributed by atoms with E-state index < -0.39 is 17.0 Å². The Morgan fingerprint density at radius 1 is 1.11 bits per heavy atom. The fourth-order valence-electron chi connectivity index (χ4n) is 3.50. The average Bonchev–Trinajstić information content (AvgIpc) is 3.70. The van der Waals surface area contributed by atoms with Crippen molar-refractivity contribution in [2.45, 2.75) is 25.3 Å². The third-order valence-corrected chi connectivity index (χ3v) is 5.92. The van der Waals surface area contributed by atoms with E-state index in [1.807, 2.05) is 0 Å². The highest BCUT2D eigenvalue weighted by Crippen LogP contribution is 2.34. The predicted molar refractivity (Wildman–Crippen MR) is 128 cm³/mol. The number of carbonyl (C=O) groups excluding carboxylic acids is 1. The van der Waals surface area contributed by atoms with Gasteiger partial charge < -0.3 is 10.5 Å². The maximum Gasteiger partial charge on any atom is 0.238 e. The second-order valence-corrected chi connectivity index (χ2v) is 8.54. The van der Waals surface area contributed by atoms with Crippen LogP contribution in [0.1, 0.15) is 34.9 Å². The molecule has 0 amide bonds. The summed E-state index contributed by atoms with van der Waals surface area (Å²) in [6.45, 7) is 0. The number of benzene rings is 2. The largest absolute Gasteiger partial charge is 0.436 e. The molecule has 2 heterocycles. The Hall–Kier alpha value is -4.11. The normalized spacial score (nSPS) is 13.0. The molecule has 10 heteroatoms. The Labute approximate surface area is 204 Å². The predicted octanol–water partition coefficient (Wildman–Crippen LogP) is 4.63. The smallest absolute Gasteiger partial charge is 0.238 e. The van der Waals surface area contributed by atoms with Crippen LogP contribution in [0.5, 0.6) is 11.6 Å². The number of hydrogen-bond donors (Lipinski definition) is 1. The minimum atomic E-state index is -0.511. The van der Waals surface area contributed by atoms with E-state index in [9.17, 15) is 14.0 Å². The van der Waals surface area contributed by atoms with Crippen LogP contribution in [-0.4, -0.2) is 25.8 Å². The highest BCUT2D eigenvalue weighted by atomic mass is 35.5. The topological polar surface area (TPSA) is 113 Å². The van der Waals surface area contributed by atoms with Gasteiger partial charge in [0.2, 0.25) is 11.3 Å². The molecule has 0 unspecified atom stereocenters. The van der Waals surface area contributed by atoms with Gasteiger partial charge in [0.05, 0.1) is 29.4 Å². The fourth-order valence-corrected chi connectivity index (χ4v) is 3.67. The van der Waals surface area contributed by atoms with Crippen molar-refractivity contribution >= 4 is 23.1 Å². The number of rotatable bonds is 7. The zero-order valence-electron chi connectivity index (χ0n) is 18.3. The molecule has 2 N–H and O–H groups in total. The zero-order chi connectivity index (χ0) is 24.5. The first-order valence-corrected chi connectivity index (χ1v) is 11.2. The van der Waals surface area contributed by atoms with Crippen LogP contribution in [0, 0.1) is 5.82 Å². The second kappa shape index (κ2) is 9.27. The molecule has 0 saturated heterocycles. The number of ketones is 1. The molecule has 1 aliphatic carbocycles. The number of anilines is 1. The number of nitrogens with zero attached hydrogens (tertiary/aromatic N) is 4. The monoisotopic (exact) mass is 491 g/mol. The van der Waals surface area contributed by atoms with Crippen molar-refractivity contribution in [1.29, 1.82) is 0 Å². The van der Waals surface area contributed by atoms with Crippen LogP contribution in [0.25, 0.3) is 11.3 Å². The van der Waals surface area contributed by atoms with Crippen molar-refractivity contribution in [1.82, 2.24) is 20.0 Å². The van der Waals surface area contributed by atoms with Crippen molar-refractivity contribution in [3.63, 3.8) is 0 Å². The first kappa shape index (κ1) is 22.7. The van der Waals surface area contributed by atoms with Gasteiger partial charge in [-0.1, -0.05) is 17.7 Å². The highest BCUT2D eigenvalue weighted by Gasteiger charge is 2.27. The lowest BCUT2D eigenvalue weighted by atomic mass is 10.0. The van der Waals surface area contributed by atoms with E-state index in [1.165, 1.54) is 30.5 Å². The Balaban J connectivity index is 1.39. The van der Waals surface area contributed by atoms with Crippen LogP contribution >= 0.6 is 11.6 Å². The quantitative estimate of drug-likeness (QED) is 0.296. The summed E-state index contributed by atoms with van der Waals surface area (Å²) in [7, 11) is 0. The van der Waals surface area contributed by atoms with E-state index >= 15 is 0 Å². The molecule has 176 valence electrons. The Morgan fingerprint density at radius 2 is 1.89 bits per heavy atom. The molecule has 5 rings (SSSR count). The number of ether oxygens (including phenoxy) is 1. The first-order chi connectivity index (χ1) is 16.9. The van der Waals surface area contributed by atoms with Gasteiger partial charge in [0.1, 0.15) is 22.3 Å². The molecule has 0 aliphatic heterocycles. The molecule has 0 radical (unpaired) electrons.